The Morgan fingerprint density at radius 2 is 1.24 bits per heavy atom. The average molecular weight is 836 g/mol. The lowest BCUT2D eigenvalue weighted by Crippen LogP contribution is -2.39. The molecule has 322 valence electrons. The number of rotatable bonds is 17. The third-order valence-electron chi connectivity index (χ3n) is 6.53. The van der Waals surface area contributed by atoms with E-state index in [1.807, 2.05) is 36.6 Å². The van der Waals surface area contributed by atoms with Crippen molar-refractivity contribution in [1.82, 2.24) is 5.32 Å². The first kappa shape index (κ1) is 60.6. The number of halogens is 1. The summed E-state index contributed by atoms with van der Waals surface area (Å²) >= 11 is 1.60. The van der Waals surface area contributed by atoms with Gasteiger partial charge in [-0.25, -0.2) is 0 Å². The van der Waals surface area contributed by atoms with Crippen LogP contribution in [0.1, 0.15) is 51.0 Å². The number of aliphatic hydroxyl groups is 2. The SMILES string of the molecule is CC(O)C(N)C(=O)O.CSCCC(N)C(=O)O.Cl.NC(CO)C(=O)O.NC(Cc1ccccc1)C(=O)O.NCCCCC(N)C(=O)O.O=C(O)[C@@H]1CCCN1. The molecule has 21 N–H and O–H groups in total. The number of carboxylic acid groups (broad SMARTS) is 6. The predicted molar refractivity (Wildman–Crippen MR) is 209 cm³/mol. The molecule has 0 spiro atoms. The summed E-state index contributed by atoms with van der Waals surface area (Å²) in [6.07, 6.45) is 5.83. The van der Waals surface area contributed by atoms with Crippen molar-refractivity contribution < 1.29 is 69.6 Å². The maximum Gasteiger partial charge on any atom is 0.323 e. The van der Waals surface area contributed by atoms with E-state index in [0.29, 0.717) is 25.8 Å². The molecule has 1 aromatic carbocycles. The topological polar surface area (TPSA) is 432 Å². The zero-order valence-electron chi connectivity index (χ0n) is 31.0. The normalized spacial score (nSPS) is 15.6. The lowest BCUT2D eigenvalue weighted by Gasteiger charge is -2.06. The number of carbonyl (C=O) groups is 6. The molecule has 1 aromatic rings. The first-order valence-electron chi connectivity index (χ1n) is 16.5. The number of benzene rings is 1. The molecule has 1 saturated heterocycles. The fraction of sp³-hybridized carbons (Fsp3) is 0.625. The number of nitrogens with two attached hydrogens (primary N) is 6. The predicted octanol–water partition coefficient (Wildman–Crippen LogP) is -2.27. The standard InChI is InChI=1S/C9H11NO2.C6H14N2O2.C5H11NO2S.C5H9NO2.C4H9NO3.C3H7NO3.ClH/c10-8(9(11)12)6-7-4-2-1-3-5-7;7-4-2-1-3-5(8)6(9)10;1-9-3-2-4(6)5(7)8;7-5(8)4-2-1-3-6-4;1-2(6)3(5)4(7)8;4-2(1-5)3(6)7;/h1-5,8H,6,10H2,(H,11,12);5H,1-4,7-8H2,(H,9,10);4H,2-3,6H2,1H3,(H,7,8);4,6H,1-3H2,(H,7,8);2-3,6H,5H2,1H3,(H,7,8);2,5H,1,4H2,(H,6,7);1H/t;;;4-;;;/m...0.../s1. The van der Waals surface area contributed by atoms with Crippen LogP contribution < -0.4 is 39.7 Å². The second kappa shape index (κ2) is 38.6. The van der Waals surface area contributed by atoms with Crippen molar-refractivity contribution in [3.63, 3.8) is 0 Å². The van der Waals surface area contributed by atoms with Gasteiger partial charge in [0.1, 0.15) is 36.3 Å². The van der Waals surface area contributed by atoms with Crippen LogP contribution in [-0.2, 0) is 35.2 Å². The fourth-order valence-electron chi connectivity index (χ4n) is 3.14. The molecular formula is C32H62ClN7O14S. The molecule has 1 aliphatic rings. The zero-order valence-corrected chi connectivity index (χ0v) is 32.6. The highest BCUT2D eigenvalue weighted by atomic mass is 35.5. The van der Waals surface area contributed by atoms with Crippen molar-refractivity contribution >= 4 is 60.0 Å². The Bertz CT molecular complexity index is 1160. The Morgan fingerprint density at radius 1 is 0.764 bits per heavy atom. The molecule has 0 amide bonds. The van der Waals surface area contributed by atoms with E-state index in [4.69, 9.17) is 75.3 Å². The number of carboxylic acids is 6. The number of hydrogen-bond donors (Lipinski definition) is 15. The van der Waals surface area contributed by atoms with Crippen molar-refractivity contribution in [1.29, 1.82) is 0 Å². The van der Waals surface area contributed by atoms with Gasteiger partial charge in [-0.1, -0.05) is 36.8 Å². The van der Waals surface area contributed by atoms with Crippen LogP contribution in [0.5, 0.6) is 0 Å². The van der Waals surface area contributed by atoms with Gasteiger partial charge < -0.3 is 80.6 Å². The highest BCUT2D eigenvalue weighted by Gasteiger charge is 2.20. The van der Waals surface area contributed by atoms with Gasteiger partial charge in [-0.2, -0.15) is 11.8 Å². The third-order valence-corrected chi connectivity index (χ3v) is 7.17. The van der Waals surface area contributed by atoms with E-state index in [1.54, 1.807) is 11.8 Å². The summed E-state index contributed by atoms with van der Waals surface area (Å²) in [5, 5.41) is 68.8. The van der Waals surface area contributed by atoms with Crippen LogP contribution in [0.2, 0.25) is 0 Å². The maximum atomic E-state index is 10.4. The van der Waals surface area contributed by atoms with E-state index >= 15 is 0 Å². The average Bonchev–Trinajstić information content (AvgIpc) is 3.67. The van der Waals surface area contributed by atoms with Crippen LogP contribution >= 0.6 is 24.2 Å². The molecule has 0 bridgehead atoms. The molecule has 0 aromatic heterocycles. The quantitative estimate of drug-likeness (QED) is 0.0736. The minimum atomic E-state index is -1.18. The minimum absolute atomic E-state index is 0. The monoisotopic (exact) mass is 835 g/mol. The number of aliphatic hydroxyl groups excluding tert-OH is 2. The second-order valence-corrected chi connectivity index (χ2v) is 12.3. The van der Waals surface area contributed by atoms with E-state index in [-0.39, 0.29) is 18.4 Å². The molecule has 1 aliphatic heterocycles. The summed E-state index contributed by atoms with van der Waals surface area (Å²) in [7, 11) is 0. The van der Waals surface area contributed by atoms with Gasteiger partial charge in [0.25, 0.3) is 0 Å². The van der Waals surface area contributed by atoms with Gasteiger partial charge in [0, 0.05) is 0 Å². The maximum absolute atomic E-state index is 10.4. The summed E-state index contributed by atoms with van der Waals surface area (Å²) in [5.74, 6) is -5.07. The largest absolute Gasteiger partial charge is 0.480 e. The highest BCUT2D eigenvalue weighted by molar-refractivity contribution is 7.98. The van der Waals surface area contributed by atoms with Gasteiger partial charge in [-0.05, 0) is 76.1 Å². The number of unbranched alkanes of at least 4 members (excludes halogenated alkanes) is 1. The molecule has 2 rings (SSSR count). The van der Waals surface area contributed by atoms with E-state index in [1.165, 1.54) is 6.92 Å². The first-order valence-corrected chi connectivity index (χ1v) is 17.9. The lowest BCUT2D eigenvalue weighted by atomic mass is 10.1. The molecule has 23 heteroatoms. The molecule has 1 fully saturated rings. The van der Waals surface area contributed by atoms with Crippen molar-refractivity contribution in [2.75, 3.05) is 31.7 Å². The minimum Gasteiger partial charge on any atom is -0.480 e. The zero-order chi connectivity index (χ0) is 42.8. The van der Waals surface area contributed by atoms with Crippen LogP contribution in [0.25, 0.3) is 0 Å². The van der Waals surface area contributed by atoms with Gasteiger partial charge in [0.2, 0.25) is 0 Å². The number of aliphatic carboxylic acids is 6. The Kier molecular flexibility index (Phi) is 42.5. The summed E-state index contributed by atoms with van der Waals surface area (Å²) in [4.78, 5) is 60.2. The highest BCUT2D eigenvalue weighted by Crippen LogP contribution is 2.04. The summed E-state index contributed by atoms with van der Waals surface area (Å²) in [6, 6.07) is 4.59. The molecule has 0 saturated carbocycles. The first-order chi connectivity index (χ1) is 25.1. The number of nitrogens with one attached hydrogen (secondary N) is 1. The van der Waals surface area contributed by atoms with Crippen molar-refractivity contribution in [2.24, 2.45) is 34.4 Å². The molecule has 0 aliphatic carbocycles. The fourth-order valence-corrected chi connectivity index (χ4v) is 3.63. The van der Waals surface area contributed by atoms with E-state index in [2.05, 4.69) is 5.32 Å². The molecule has 7 atom stereocenters. The van der Waals surface area contributed by atoms with Crippen LogP contribution in [0, 0.1) is 0 Å². The molecule has 55 heavy (non-hydrogen) atoms. The molecular weight excluding hydrogens is 774 g/mol. The summed E-state index contributed by atoms with van der Waals surface area (Å²) in [6.45, 7) is 2.29. The van der Waals surface area contributed by atoms with Crippen molar-refractivity contribution in [3.05, 3.63) is 35.9 Å². The Labute approximate surface area is 330 Å². The van der Waals surface area contributed by atoms with E-state index in [9.17, 15) is 28.8 Å². The number of hydrogen-bond acceptors (Lipinski definition) is 16. The van der Waals surface area contributed by atoms with Crippen LogP contribution in [-0.4, -0.2) is 151 Å². The molecule has 0 radical (unpaired) electrons. The molecule has 21 nitrogen and oxygen atoms in total. The van der Waals surface area contributed by atoms with Crippen LogP contribution in [0.3, 0.4) is 0 Å². The molecule has 1 heterocycles. The van der Waals surface area contributed by atoms with Crippen molar-refractivity contribution in [3.8, 4) is 0 Å². The number of thioether (sulfide) groups is 1. The van der Waals surface area contributed by atoms with Crippen molar-refractivity contribution in [2.45, 2.75) is 94.2 Å². The van der Waals surface area contributed by atoms with Gasteiger partial charge in [0.05, 0.1) is 12.7 Å². The Morgan fingerprint density at radius 3 is 1.51 bits per heavy atom. The third kappa shape index (κ3) is 39.8. The summed E-state index contributed by atoms with van der Waals surface area (Å²) < 4.78 is 0. The van der Waals surface area contributed by atoms with Gasteiger partial charge in [0.15, 0.2) is 0 Å². The second-order valence-electron chi connectivity index (χ2n) is 11.3. The van der Waals surface area contributed by atoms with Crippen LogP contribution in [0.15, 0.2) is 30.3 Å². The van der Waals surface area contributed by atoms with Gasteiger partial charge in [-0.15, -0.1) is 12.4 Å². The van der Waals surface area contributed by atoms with Crippen LogP contribution in [0.4, 0.5) is 0 Å². The Balaban J connectivity index is -0.000000183. The molecule has 6 unspecified atom stereocenters. The van der Waals surface area contributed by atoms with Gasteiger partial charge in [-0.3, -0.25) is 28.8 Å². The summed E-state index contributed by atoms with van der Waals surface area (Å²) in [5.41, 5.74) is 31.6. The lowest BCUT2D eigenvalue weighted by molar-refractivity contribution is -0.141. The van der Waals surface area contributed by atoms with E-state index in [0.717, 1.165) is 43.5 Å². The smallest absolute Gasteiger partial charge is 0.323 e. The Hall–Kier alpha value is -3.68. The van der Waals surface area contributed by atoms with E-state index < -0.39 is 78.7 Å². The van der Waals surface area contributed by atoms with Gasteiger partial charge >= 0.3 is 35.8 Å².